The highest BCUT2D eigenvalue weighted by atomic mass is 17.3. The summed E-state index contributed by atoms with van der Waals surface area (Å²) in [5.74, 6) is -2.76. The van der Waals surface area contributed by atoms with E-state index >= 15 is 0 Å². The van der Waals surface area contributed by atoms with Crippen molar-refractivity contribution in [2.75, 3.05) is 13.7 Å². The molecule has 1 saturated heterocycles. The molecule has 0 aromatic heterocycles. The lowest BCUT2D eigenvalue weighted by molar-refractivity contribution is -0.421. The fourth-order valence-corrected chi connectivity index (χ4v) is 2.17. The summed E-state index contributed by atoms with van der Waals surface area (Å²) in [4.78, 5) is 19.8. The Bertz CT molecular complexity index is 371. The zero-order chi connectivity index (χ0) is 16.9. The Kier molecular flexibility index (Phi) is 7.05. The molecule has 0 spiro atoms. The normalized spacial score (nSPS) is 35.0. The first-order chi connectivity index (χ1) is 10.2. The molecule has 7 N–H and O–H groups in total. The molecule has 130 valence electrons. The quantitative estimate of drug-likeness (QED) is 0.139. The molecule has 0 saturated carbocycles. The van der Waals surface area contributed by atoms with Gasteiger partial charge in [-0.1, -0.05) is 0 Å². The summed E-state index contributed by atoms with van der Waals surface area (Å²) < 4.78 is 5.19. The van der Waals surface area contributed by atoms with Crippen LogP contribution in [0.2, 0.25) is 0 Å². The topological polar surface area (TPSA) is 170 Å². The van der Waals surface area contributed by atoms with Gasteiger partial charge >= 0.3 is 0 Å². The number of carbonyl (C=O) groups is 1. The zero-order valence-electron chi connectivity index (χ0n) is 12.2. The second-order valence-electron chi connectivity index (χ2n) is 4.96. The van der Waals surface area contributed by atoms with Gasteiger partial charge in [-0.3, -0.25) is 4.79 Å². The molecule has 1 aliphatic heterocycles. The maximum absolute atomic E-state index is 11.2. The van der Waals surface area contributed by atoms with Gasteiger partial charge in [-0.15, -0.1) is 10.5 Å². The Hall–Kier alpha value is -0.890. The Morgan fingerprint density at radius 2 is 2.14 bits per heavy atom. The minimum Gasteiger partial charge on any atom is -0.394 e. The first-order valence-electron chi connectivity index (χ1n) is 6.53. The van der Waals surface area contributed by atoms with E-state index < -0.39 is 55.3 Å². The minimum absolute atomic E-state index is 0.431. The van der Waals surface area contributed by atoms with Crippen molar-refractivity contribution < 1.29 is 44.9 Å². The van der Waals surface area contributed by atoms with Crippen LogP contribution in [0, 0.1) is 0 Å². The van der Waals surface area contributed by atoms with Gasteiger partial charge in [-0.05, 0) is 0 Å². The summed E-state index contributed by atoms with van der Waals surface area (Å²) >= 11 is 0. The van der Waals surface area contributed by atoms with Crippen LogP contribution in [-0.4, -0.2) is 81.5 Å². The number of aliphatic hydroxyl groups is 5. The third kappa shape index (κ3) is 4.81. The molecule has 1 aliphatic rings. The molecule has 0 aromatic rings. The fourth-order valence-electron chi connectivity index (χ4n) is 2.17. The molecule has 11 heteroatoms. The Balaban J connectivity index is 2.96. The predicted molar refractivity (Wildman–Crippen MR) is 68.4 cm³/mol. The average molecular weight is 326 g/mol. The van der Waals surface area contributed by atoms with Gasteiger partial charge in [-0.25, -0.2) is 4.89 Å². The number of ether oxygens (including phenoxy) is 1. The minimum atomic E-state index is -2.24. The van der Waals surface area contributed by atoms with Crippen LogP contribution in [0.15, 0.2) is 0 Å². The number of amides is 1. The standard InChI is InChI=1S/C11H22N2O9/c1-5(15)12-8-6(16)3-11(19,13-22-20-2)21-10(8)9(18)7(17)4-14/h6-10,13-14,16-19H,3-4H2,1-2H3,(H,12,15)/t6?,7-,8?,9-,10?,11?/m1/s1. The van der Waals surface area contributed by atoms with Crippen molar-refractivity contribution in [2.45, 2.75) is 49.7 Å². The van der Waals surface area contributed by atoms with Crippen LogP contribution < -0.4 is 10.8 Å². The van der Waals surface area contributed by atoms with Crippen molar-refractivity contribution in [3.8, 4) is 0 Å². The van der Waals surface area contributed by atoms with Crippen molar-refractivity contribution in [2.24, 2.45) is 0 Å². The van der Waals surface area contributed by atoms with E-state index in [1.54, 1.807) is 0 Å². The van der Waals surface area contributed by atoms with E-state index in [-0.39, 0.29) is 0 Å². The van der Waals surface area contributed by atoms with Gasteiger partial charge in [-0.2, -0.15) is 0 Å². The van der Waals surface area contributed by atoms with E-state index in [1.807, 2.05) is 5.48 Å². The van der Waals surface area contributed by atoms with E-state index in [2.05, 4.69) is 15.2 Å². The van der Waals surface area contributed by atoms with Crippen LogP contribution in [0.3, 0.4) is 0 Å². The molecule has 0 aliphatic carbocycles. The summed E-state index contributed by atoms with van der Waals surface area (Å²) in [6, 6.07) is -1.13. The Morgan fingerprint density at radius 1 is 1.50 bits per heavy atom. The Morgan fingerprint density at radius 3 is 2.64 bits per heavy atom. The first-order valence-corrected chi connectivity index (χ1v) is 6.53. The summed E-state index contributed by atoms with van der Waals surface area (Å²) in [6.07, 6.45) is -6.53. The average Bonchev–Trinajstić information content (AvgIpc) is 2.46. The number of rotatable bonds is 7. The molecule has 0 bridgehead atoms. The zero-order valence-corrected chi connectivity index (χ0v) is 12.2. The molecule has 1 rings (SSSR count). The van der Waals surface area contributed by atoms with Gasteiger partial charge < -0.3 is 35.6 Å². The summed E-state index contributed by atoms with van der Waals surface area (Å²) in [5, 5.41) is 51.0. The highest BCUT2D eigenvalue weighted by Crippen LogP contribution is 2.28. The maximum Gasteiger partial charge on any atom is 0.252 e. The second-order valence-corrected chi connectivity index (χ2v) is 4.96. The van der Waals surface area contributed by atoms with Crippen LogP contribution in [0.1, 0.15) is 13.3 Å². The largest absolute Gasteiger partial charge is 0.394 e. The van der Waals surface area contributed by atoms with Gasteiger partial charge in [0.1, 0.15) is 18.3 Å². The molecule has 11 nitrogen and oxygen atoms in total. The lowest BCUT2D eigenvalue weighted by atomic mass is 9.91. The predicted octanol–water partition coefficient (Wildman–Crippen LogP) is -3.92. The van der Waals surface area contributed by atoms with Crippen LogP contribution in [-0.2, 0) is 19.4 Å². The van der Waals surface area contributed by atoms with Gasteiger partial charge in [0, 0.05) is 13.3 Å². The smallest absolute Gasteiger partial charge is 0.252 e. The van der Waals surface area contributed by atoms with Crippen LogP contribution in [0.25, 0.3) is 0 Å². The summed E-state index contributed by atoms with van der Waals surface area (Å²) in [6.45, 7) is 0.399. The van der Waals surface area contributed by atoms with E-state index in [1.165, 1.54) is 6.92 Å². The number of aliphatic hydroxyl groups excluding tert-OH is 4. The van der Waals surface area contributed by atoms with Gasteiger partial charge in [0.2, 0.25) is 5.91 Å². The third-order valence-electron chi connectivity index (χ3n) is 3.16. The van der Waals surface area contributed by atoms with Crippen molar-refractivity contribution in [1.82, 2.24) is 10.8 Å². The summed E-state index contributed by atoms with van der Waals surface area (Å²) in [7, 11) is 1.15. The van der Waals surface area contributed by atoms with E-state index in [0.29, 0.717) is 0 Å². The molecular weight excluding hydrogens is 304 g/mol. The van der Waals surface area contributed by atoms with E-state index in [4.69, 9.17) is 9.84 Å². The van der Waals surface area contributed by atoms with Gasteiger partial charge in [0.25, 0.3) is 5.91 Å². The van der Waals surface area contributed by atoms with Crippen molar-refractivity contribution in [1.29, 1.82) is 0 Å². The monoisotopic (exact) mass is 326 g/mol. The SMILES string of the molecule is COONC1(O)CC(O)C(NC(C)=O)C([C@H](O)[C@H](O)CO)O1. The third-order valence-corrected chi connectivity index (χ3v) is 3.16. The van der Waals surface area contributed by atoms with Crippen LogP contribution >= 0.6 is 0 Å². The molecule has 1 heterocycles. The highest BCUT2D eigenvalue weighted by Gasteiger charge is 2.50. The Labute approximate surface area is 126 Å². The van der Waals surface area contributed by atoms with Gasteiger partial charge in [0.05, 0.1) is 25.9 Å². The number of nitrogens with one attached hydrogen (secondary N) is 2. The summed E-state index contributed by atoms with van der Waals surface area (Å²) in [5.41, 5.74) is 1.98. The second kappa shape index (κ2) is 8.10. The van der Waals surface area contributed by atoms with Crippen molar-refractivity contribution in [3.63, 3.8) is 0 Å². The molecule has 4 unspecified atom stereocenters. The number of hydrogen-bond donors (Lipinski definition) is 7. The molecule has 1 amide bonds. The number of hydroxylamine groups is 1. The first kappa shape index (κ1) is 19.2. The van der Waals surface area contributed by atoms with Gasteiger partial charge in [0.15, 0.2) is 0 Å². The molecule has 1 fully saturated rings. The number of hydrogen-bond acceptors (Lipinski definition) is 10. The molecule has 0 radical (unpaired) electrons. The maximum atomic E-state index is 11.2. The number of carbonyl (C=O) groups excluding carboxylic acids is 1. The van der Waals surface area contributed by atoms with Crippen LogP contribution in [0.5, 0.6) is 0 Å². The van der Waals surface area contributed by atoms with Crippen LogP contribution in [0.4, 0.5) is 0 Å². The molecule has 22 heavy (non-hydrogen) atoms. The van der Waals surface area contributed by atoms with E-state index in [0.717, 1.165) is 7.11 Å². The highest BCUT2D eigenvalue weighted by molar-refractivity contribution is 5.73. The van der Waals surface area contributed by atoms with Crippen molar-refractivity contribution in [3.05, 3.63) is 0 Å². The molecular formula is C11H22N2O9. The molecule has 0 aromatic carbocycles. The lowest BCUT2D eigenvalue weighted by Crippen LogP contribution is -2.68. The van der Waals surface area contributed by atoms with E-state index in [9.17, 15) is 25.2 Å². The van der Waals surface area contributed by atoms with Crippen molar-refractivity contribution >= 4 is 5.91 Å². The molecule has 6 atom stereocenters. The fraction of sp³-hybridized carbons (Fsp3) is 0.909. The lowest BCUT2D eigenvalue weighted by Gasteiger charge is -2.45.